The molecule has 0 atom stereocenters. The third-order valence-electron chi connectivity index (χ3n) is 2.86. The maximum atomic E-state index is 5.70. The van der Waals surface area contributed by atoms with Gasteiger partial charge in [-0.25, -0.2) is 9.67 Å². The van der Waals surface area contributed by atoms with Crippen LogP contribution in [-0.2, 0) is 5.54 Å². The molecule has 16 heavy (non-hydrogen) atoms. The maximum absolute atomic E-state index is 5.70. The summed E-state index contributed by atoms with van der Waals surface area (Å²) in [6.07, 6.45) is 5.72. The fourth-order valence-electron chi connectivity index (χ4n) is 2.10. The van der Waals surface area contributed by atoms with E-state index in [0.717, 1.165) is 23.9 Å². The second kappa shape index (κ2) is 3.77. The van der Waals surface area contributed by atoms with Crippen LogP contribution in [0.15, 0.2) is 18.5 Å². The Hall–Kier alpha value is -1.58. The fraction of sp³-hybridized carbons (Fsp3) is 0.500. The van der Waals surface area contributed by atoms with Crippen molar-refractivity contribution in [1.29, 1.82) is 0 Å². The lowest BCUT2D eigenvalue weighted by Gasteiger charge is -2.25. The number of anilines is 1. The van der Waals surface area contributed by atoms with Crippen molar-refractivity contribution >= 4 is 16.7 Å². The number of hydrogen-bond donors (Lipinski definition) is 1. The van der Waals surface area contributed by atoms with E-state index >= 15 is 0 Å². The molecule has 0 aliphatic carbocycles. The van der Waals surface area contributed by atoms with Crippen LogP contribution in [-0.4, -0.2) is 14.8 Å². The standard InChI is InChI=1S/C12H18N4/c1-4-5-12(2,3)16-11-9(7-15-16)6-10(13)8-14-11/h6-8H,4-5,13H2,1-3H3. The molecule has 86 valence electrons. The van der Waals surface area contributed by atoms with Crippen molar-refractivity contribution in [2.45, 2.75) is 39.2 Å². The highest BCUT2D eigenvalue weighted by atomic mass is 15.3. The number of nitrogens with zero attached hydrogens (tertiary/aromatic N) is 3. The van der Waals surface area contributed by atoms with E-state index in [1.807, 2.05) is 16.9 Å². The summed E-state index contributed by atoms with van der Waals surface area (Å²) in [6.45, 7) is 6.54. The molecule has 0 fully saturated rings. The Morgan fingerprint density at radius 3 is 2.81 bits per heavy atom. The number of nitrogens with two attached hydrogens (primary N) is 1. The van der Waals surface area contributed by atoms with Crippen molar-refractivity contribution in [3.8, 4) is 0 Å². The molecule has 2 N–H and O–H groups in total. The van der Waals surface area contributed by atoms with Gasteiger partial charge in [-0.15, -0.1) is 0 Å². The molecule has 0 spiro atoms. The minimum absolute atomic E-state index is 0.000382. The van der Waals surface area contributed by atoms with E-state index < -0.39 is 0 Å². The summed E-state index contributed by atoms with van der Waals surface area (Å²) < 4.78 is 1.99. The zero-order valence-corrected chi connectivity index (χ0v) is 10.1. The quantitative estimate of drug-likeness (QED) is 0.861. The molecule has 2 aromatic rings. The van der Waals surface area contributed by atoms with Crippen molar-refractivity contribution in [3.05, 3.63) is 18.5 Å². The first-order valence-corrected chi connectivity index (χ1v) is 5.64. The van der Waals surface area contributed by atoms with Gasteiger partial charge in [-0.05, 0) is 26.3 Å². The molecule has 0 saturated heterocycles. The molecule has 0 aromatic carbocycles. The molecule has 4 heteroatoms. The fourth-order valence-corrected chi connectivity index (χ4v) is 2.10. The molecule has 0 saturated carbocycles. The van der Waals surface area contributed by atoms with E-state index in [1.165, 1.54) is 0 Å². The van der Waals surface area contributed by atoms with Gasteiger partial charge in [0.1, 0.15) is 0 Å². The molecule has 2 rings (SSSR count). The van der Waals surface area contributed by atoms with Crippen molar-refractivity contribution in [1.82, 2.24) is 14.8 Å². The lowest BCUT2D eigenvalue weighted by atomic mass is 9.99. The molecule has 0 bridgehead atoms. The SMILES string of the molecule is CCCC(C)(C)n1ncc2cc(N)cnc21. The van der Waals surface area contributed by atoms with Crippen LogP contribution in [0.25, 0.3) is 11.0 Å². The van der Waals surface area contributed by atoms with E-state index in [1.54, 1.807) is 6.20 Å². The van der Waals surface area contributed by atoms with Gasteiger partial charge in [0.15, 0.2) is 5.65 Å². The average Bonchev–Trinajstić information content (AvgIpc) is 2.60. The highest BCUT2D eigenvalue weighted by Gasteiger charge is 2.22. The second-order valence-electron chi connectivity index (χ2n) is 4.80. The van der Waals surface area contributed by atoms with Crippen molar-refractivity contribution < 1.29 is 0 Å². The van der Waals surface area contributed by atoms with E-state index in [2.05, 4.69) is 30.9 Å². The molecule has 0 aliphatic heterocycles. The van der Waals surface area contributed by atoms with Gasteiger partial charge in [0, 0.05) is 5.39 Å². The van der Waals surface area contributed by atoms with Crippen LogP contribution >= 0.6 is 0 Å². The van der Waals surface area contributed by atoms with Crippen LogP contribution in [0.5, 0.6) is 0 Å². The van der Waals surface area contributed by atoms with Crippen molar-refractivity contribution in [2.75, 3.05) is 5.73 Å². The van der Waals surface area contributed by atoms with E-state index in [9.17, 15) is 0 Å². The molecule has 0 amide bonds. The Labute approximate surface area is 95.5 Å². The minimum atomic E-state index is -0.000382. The number of hydrogen-bond acceptors (Lipinski definition) is 3. The highest BCUT2D eigenvalue weighted by Crippen LogP contribution is 2.25. The highest BCUT2D eigenvalue weighted by molar-refractivity contribution is 5.77. The molecule has 2 heterocycles. The first kappa shape index (κ1) is 10.9. The third-order valence-corrected chi connectivity index (χ3v) is 2.86. The number of nitrogen functional groups attached to an aromatic ring is 1. The van der Waals surface area contributed by atoms with Crippen molar-refractivity contribution in [2.24, 2.45) is 0 Å². The van der Waals surface area contributed by atoms with Crippen LogP contribution in [0.4, 0.5) is 5.69 Å². The van der Waals surface area contributed by atoms with Crippen LogP contribution in [0.1, 0.15) is 33.6 Å². The lowest BCUT2D eigenvalue weighted by Crippen LogP contribution is -2.27. The van der Waals surface area contributed by atoms with Gasteiger partial charge in [0.25, 0.3) is 0 Å². The van der Waals surface area contributed by atoms with Gasteiger partial charge in [-0.1, -0.05) is 13.3 Å². The Bertz CT molecular complexity index is 499. The average molecular weight is 218 g/mol. The Morgan fingerprint density at radius 1 is 1.38 bits per heavy atom. The smallest absolute Gasteiger partial charge is 0.158 e. The summed E-state index contributed by atoms with van der Waals surface area (Å²) in [4.78, 5) is 4.36. The van der Waals surface area contributed by atoms with Gasteiger partial charge < -0.3 is 5.73 Å². The summed E-state index contributed by atoms with van der Waals surface area (Å²) in [5.74, 6) is 0. The van der Waals surface area contributed by atoms with E-state index in [4.69, 9.17) is 5.73 Å². The summed E-state index contributed by atoms with van der Waals surface area (Å²) in [5.41, 5.74) is 7.29. The van der Waals surface area contributed by atoms with E-state index in [0.29, 0.717) is 5.69 Å². The van der Waals surface area contributed by atoms with Crippen LogP contribution in [0.2, 0.25) is 0 Å². The van der Waals surface area contributed by atoms with Crippen LogP contribution in [0, 0.1) is 0 Å². The van der Waals surface area contributed by atoms with Crippen LogP contribution in [0.3, 0.4) is 0 Å². The maximum Gasteiger partial charge on any atom is 0.158 e. The summed E-state index contributed by atoms with van der Waals surface area (Å²) in [6, 6.07) is 1.91. The molecule has 0 aliphatic rings. The van der Waals surface area contributed by atoms with Gasteiger partial charge in [-0.3, -0.25) is 0 Å². The predicted molar refractivity (Wildman–Crippen MR) is 66.2 cm³/mol. The first-order chi connectivity index (χ1) is 7.54. The molecule has 2 aromatic heterocycles. The molecule has 0 radical (unpaired) electrons. The van der Waals surface area contributed by atoms with Gasteiger partial charge in [-0.2, -0.15) is 5.10 Å². The van der Waals surface area contributed by atoms with Crippen molar-refractivity contribution in [3.63, 3.8) is 0 Å². The summed E-state index contributed by atoms with van der Waals surface area (Å²) in [5, 5.41) is 5.43. The Balaban J connectivity index is 2.53. The topological polar surface area (TPSA) is 56.7 Å². The van der Waals surface area contributed by atoms with E-state index in [-0.39, 0.29) is 5.54 Å². The number of aromatic nitrogens is 3. The first-order valence-electron chi connectivity index (χ1n) is 5.64. The third kappa shape index (κ3) is 1.75. The molecule has 0 unspecified atom stereocenters. The number of rotatable bonds is 3. The lowest BCUT2D eigenvalue weighted by molar-refractivity contribution is 0.301. The van der Waals surface area contributed by atoms with Crippen LogP contribution < -0.4 is 5.73 Å². The number of pyridine rings is 1. The summed E-state index contributed by atoms with van der Waals surface area (Å²) in [7, 11) is 0. The summed E-state index contributed by atoms with van der Waals surface area (Å²) >= 11 is 0. The second-order valence-corrected chi connectivity index (χ2v) is 4.80. The molecular formula is C12H18N4. The van der Waals surface area contributed by atoms with Gasteiger partial charge in [0.05, 0.1) is 23.6 Å². The van der Waals surface area contributed by atoms with Gasteiger partial charge >= 0.3 is 0 Å². The molecular weight excluding hydrogens is 200 g/mol. The number of fused-ring (bicyclic) bond motifs is 1. The predicted octanol–water partition coefficient (Wildman–Crippen LogP) is 2.55. The zero-order valence-electron chi connectivity index (χ0n) is 10.1. The largest absolute Gasteiger partial charge is 0.397 e. The minimum Gasteiger partial charge on any atom is -0.397 e. The normalized spacial score (nSPS) is 12.2. The zero-order chi connectivity index (χ0) is 11.8. The Kier molecular flexibility index (Phi) is 2.58. The van der Waals surface area contributed by atoms with Gasteiger partial charge in [0.2, 0.25) is 0 Å². The Morgan fingerprint density at radius 2 is 2.12 bits per heavy atom. The monoisotopic (exact) mass is 218 g/mol. The molecule has 4 nitrogen and oxygen atoms in total.